The van der Waals surface area contributed by atoms with Crippen molar-refractivity contribution >= 4 is 17.2 Å². The van der Waals surface area contributed by atoms with Crippen molar-refractivity contribution in [2.24, 2.45) is 0 Å². The Morgan fingerprint density at radius 1 is 1.08 bits per heavy atom. The summed E-state index contributed by atoms with van der Waals surface area (Å²) in [6.07, 6.45) is 4.87. The van der Waals surface area contributed by atoms with Crippen LogP contribution in [0.5, 0.6) is 0 Å². The zero-order chi connectivity index (χ0) is 17.8. The van der Waals surface area contributed by atoms with Gasteiger partial charge in [-0.15, -0.1) is 15.3 Å². The van der Waals surface area contributed by atoms with Crippen LogP contribution in [0.4, 0.5) is 0 Å². The van der Waals surface area contributed by atoms with Gasteiger partial charge in [0.25, 0.3) is 5.91 Å². The van der Waals surface area contributed by atoms with E-state index < -0.39 is 0 Å². The van der Waals surface area contributed by atoms with Crippen LogP contribution in [0.1, 0.15) is 15.5 Å². The number of nitrogens with one attached hydrogen (secondary N) is 1. The second-order valence-electron chi connectivity index (χ2n) is 5.31. The summed E-state index contributed by atoms with van der Waals surface area (Å²) in [5.41, 5.74) is 1.96. The summed E-state index contributed by atoms with van der Waals surface area (Å²) in [5.74, 6) is -0.323. The van der Waals surface area contributed by atoms with Gasteiger partial charge in [-0.05, 0) is 12.1 Å². The monoisotopic (exact) mass is 363 g/mol. The molecule has 4 aromatic rings. The molecule has 0 aliphatic carbocycles. The minimum atomic E-state index is -0.323. The normalized spacial score (nSPS) is 10.6. The number of hydrogen-bond acceptors (Lipinski definition) is 7. The summed E-state index contributed by atoms with van der Waals surface area (Å²) < 4.78 is 1.50. The maximum atomic E-state index is 12.3. The molecule has 0 atom stereocenters. The minimum absolute atomic E-state index is 0.224. The number of amides is 1. The van der Waals surface area contributed by atoms with Gasteiger partial charge < -0.3 is 5.32 Å². The van der Waals surface area contributed by atoms with Gasteiger partial charge >= 0.3 is 0 Å². The number of nitrogens with zero attached hydrogens (tertiary/aromatic N) is 6. The van der Waals surface area contributed by atoms with Gasteiger partial charge in [-0.3, -0.25) is 9.78 Å². The number of benzene rings is 1. The average Bonchev–Trinajstić information content (AvgIpc) is 3.37. The summed E-state index contributed by atoms with van der Waals surface area (Å²) in [7, 11) is 0. The molecule has 4 rings (SSSR count). The van der Waals surface area contributed by atoms with Gasteiger partial charge in [0, 0.05) is 11.8 Å². The first kappa shape index (κ1) is 16.0. The van der Waals surface area contributed by atoms with Gasteiger partial charge in [-0.1, -0.05) is 46.9 Å². The lowest BCUT2D eigenvalue weighted by Gasteiger charge is -1.99. The molecule has 128 valence electrons. The van der Waals surface area contributed by atoms with E-state index in [0.29, 0.717) is 0 Å². The lowest BCUT2D eigenvalue weighted by atomic mass is 10.2. The maximum Gasteiger partial charge on any atom is 0.273 e. The number of pyridine rings is 1. The predicted molar refractivity (Wildman–Crippen MR) is 95.7 cm³/mol. The van der Waals surface area contributed by atoms with E-state index >= 15 is 0 Å². The molecule has 26 heavy (non-hydrogen) atoms. The summed E-state index contributed by atoms with van der Waals surface area (Å²) in [4.78, 5) is 16.3. The quantitative estimate of drug-likeness (QED) is 0.583. The summed E-state index contributed by atoms with van der Waals surface area (Å²) >= 11 is 1.44. The molecule has 0 fully saturated rings. The first-order chi connectivity index (χ1) is 12.8. The molecule has 0 radical (unpaired) electrons. The van der Waals surface area contributed by atoms with E-state index in [4.69, 9.17) is 0 Å². The lowest BCUT2D eigenvalue weighted by Crippen LogP contribution is -2.23. The molecule has 0 saturated heterocycles. The van der Waals surface area contributed by atoms with Gasteiger partial charge in [0.15, 0.2) is 5.69 Å². The fourth-order valence-corrected chi connectivity index (χ4v) is 3.04. The van der Waals surface area contributed by atoms with Gasteiger partial charge in [-0.25, -0.2) is 4.68 Å². The van der Waals surface area contributed by atoms with E-state index in [1.165, 1.54) is 16.0 Å². The number of rotatable bonds is 5. The third-order valence-electron chi connectivity index (χ3n) is 3.52. The fraction of sp³-hybridized carbons (Fsp3) is 0.0588. The summed E-state index contributed by atoms with van der Waals surface area (Å²) in [6, 6.07) is 13.4. The molecule has 8 nitrogen and oxygen atoms in total. The minimum Gasteiger partial charge on any atom is -0.344 e. The number of aromatic nitrogens is 6. The van der Waals surface area contributed by atoms with Crippen LogP contribution in [-0.2, 0) is 6.54 Å². The SMILES string of the molecule is O=C(NCc1nnc(-c2ccccc2)s1)c1cn(-c2cccnc2)nn1. The Labute approximate surface area is 152 Å². The first-order valence-corrected chi connectivity index (χ1v) is 8.60. The van der Waals surface area contributed by atoms with Crippen LogP contribution in [0.15, 0.2) is 61.1 Å². The molecular formula is C17H13N7OS. The molecule has 0 unspecified atom stereocenters. The van der Waals surface area contributed by atoms with Crippen LogP contribution in [0.2, 0.25) is 0 Å². The molecule has 3 aromatic heterocycles. The first-order valence-electron chi connectivity index (χ1n) is 7.78. The molecule has 0 bridgehead atoms. The van der Waals surface area contributed by atoms with Gasteiger partial charge in [0.05, 0.1) is 24.6 Å². The van der Waals surface area contributed by atoms with Crippen molar-refractivity contribution in [3.8, 4) is 16.3 Å². The van der Waals surface area contributed by atoms with Gasteiger partial charge in [0.1, 0.15) is 10.0 Å². The van der Waals surface area contributed by atoms with Gasteiger partial charge in [0.2, 0.25) is 0 Å². The van der Waals surface area contributed by atoms with Crippen LogP contribution < -0.4 is 5.32 Å². The zero-order valence-electron chi connectivity index (χ0n) is 13.5. The van der Waals surface area contributed by atoms with Crippen LogP contribution >= 0.6 is 11.3 Å². The van der Waals surface area contributed by atoms with Crippen LogP contribution in [0.3, 0.4) is 0 Å². The Bertz CT molecular complexity index is 1010. The second kappa shape index (κ2) is 7.19. The molecule has 0 aliphatic heterocycles. The molecule has 1 aromatic carbocycles. The number of hydrogen-bond donors (Lipinski definition) is 1. The van der Waals surface area contributed by atoms with E-state index in [2.05, 4.69) is 30.8 Å². The summed E-state index contributed by atoms with van der Waals surface area (Å²) in [6.45, 7) is 0.281. The third-order valence-corrected chi connectivity index (χ3v) is 4.50. The van der Waals surface area contributed by atoms with E-state index in [0.717, 1.165) is 21.3 Å². The van der Waals surface area contributed by atoms with Crippen molar-refractivity contribution in [3.05, 3.63) is 71.8 Å². The molecule has 9 heteroatoms. The maximum absolute atomic E-state index is 12.3. The van der Waals surface area contributed by atoms with E-state index in [1.807, 2.05) is 36.4 Å². The Morgan fingerprint density at radius 2 is 1.96 bits per heavy atom. The Kier molecular flexibility index (Phi) is 4.44. The zero-order valence-corrected chi connectivity index (χ0v) is 14.3. The highest BCUT2D eigenvalue weighted by Crippen LogP contribution is 2.22. The Morgan fingerprint density at radius 3 is 2.77 bits per heavy atom. The van der Waals surface area contributed by atoms with Crippen molar-refractivity contribution in [1.29, 1.82) is 0 Å². The van der Waals surface area contributed by atoms with Gasteiger partial charge in [-0.2, -0.15) is 0 Å². The van der Waals surface area contributed by atoms with Crippen molar-refractivity contribution in [1.82, 2.24) is 35.5 Å². The Balaban J connectivity index is 1.40. The highest BCUT2D eigenvalue weighted by molar-refractivity contribution is 7.14. The average molecular weight is 363 g/mol. The lowest BCUT2D eigenvalue weighted by molar-refractivity contribution is 0.0945. The van der Waals surface area contributed by atoms with Crippen LogP contribution in [0, 0.1) is 0 Å². The van der Waals surface area contributed by atoms with Crippen LogP contribution in [0.25, 0.3) is 16.3 Å². The smallest absolute Gasteiger partial charge is 0.273 e. The van der Waals surface area contributed by atoms with E-state index in [9.17, 15) is 4.79 Å². The Hall–Kier alpha value is -3.46. The van der Waals surface area contributed by atoms with E-state index in [1.54, 1.807) is 24.7 Å². The molecule has 0 aliphatic rings. The van der Waals surface area contributed by atoms with Crippen molar-refractivity contribution in [3.63, 3.8) is 0 Å². The molecule has 1 amide bonds. The van der Waals surface area contributed by atoms with E-state index in [-0.39, 0.29) is 18.1 Å². The number of carbonyl (C=O) groups is 1. The number of carbonyl (C=O) groups excluding carboxylic acids is 1. The largest absolute Gasteiger partial charge is 0.344 e. The third kappa shape index (κ3) is 3.47. The second-order valence-corrected chi connectivity index (χ2v) is 6.37. The summed E-state index contributed by atoms with van der Waals surface area (Å²) in [5, 5.41) is 20.4. The van der Waals surface area contributed by atoms with Crippen molar-refractivity contribution in [2.75, 3.05) is 0 Å². The topological polar surface area (TPSA) is 98.5 Å². The molecule has 1 N–H and O–H groups in total. The van der Waals surface area contributed by atoms with Crippen molar-refractivity contribution < 1.29 is 4.79 Å². The fourth-order valence-electron chi connectivity index (χ4n) is 2.25. The van der Waals surface area contributed by atoms with Crippen molar-refractivity contribution in [2.45, 2.75) is 6.54 Å². The predicted octanol–water partition coefficient (Wildman–Crippen LogP) is 2.11. The van der Waals surface area contributed by atoms with Crippen LogP contribution in [-0.4, -0.2) is 36.1 Å². The standard InChI is InChI=1S/C17H13N7OS/c25-16(14-11-24(23-20-14)13-7-4-8-18-9-13)19-10-15-21-22-17(26-15)12-5-2-1-3-6-12/h1-9,11H,10H2,(H,19,25). The molecule has 3 heterocycles. The molecular weight excluding hydrogens is 350 g/mol. The highest BCUT2D eigenvalue weighted by atomic mass is 32.1. The molecule has 0 saturated carbocycles. The molecule has 0 spiro atoms. The highest BCUT2D eigenvalue weighted by Gasteiger charge is 2.13.